The van der Waals surface area contributed by atoms with Gasteiger partial charge in [-0.1, -0.05) is 182 Å². The Labute approximate surface area is 336 Å². The van der Waals surface area contributed by atoms with Crippen LogP contribution in [0.4, 0.5) is 0 Å². The van der Waals surface area contributed by atoms with Gasteiger partial charge in [0.15, 0.2) is 0 Å². The number of rotatable bonds is 7. The van der Waals surface area contributed by atoms with Crippen LogP contribution in [0.3, 0.4) is 0 Å². The molecule has 0 atom stereocenters. The molecular weight excluding hydrogens is 705 g/mol. The first kappa shape index (κ1) is 33.6. The van der Waals surface area contributed by atoms with Gasteiger partial charge in [-0.2, -0.15) is 0 Å². The molecule has 0 aliphatic heterocycles. The summed E-state index contributed by atoms with van der Waals surface area (Å²) in [5.74, 6) is 0. The second kappa shape index (κ2) is 14.1. The molecule has 2 heterocycles. The Balaban J connectivity index is 0.996. The van der Waals surface area contributed by atoms with Gasteiger partial charge >= 0.3 is 0 Å². The van der Waals surface area contributed by atoms with Crippen LogP contribution < -0.4 is 0 Å². The average molecular weight is 741 g/mol. The standard InChI is InChI=1S/C56H36O2/c1-3-13-41(14-4-1)52(42-15-5-2-6-16-42)33-37-25-27-38(28-26-37)39-29-31-40(32-30-39)43-34-44(46-19-11-21-50-48-17-7-9-23-53(48)57-55(46)50)36-45(35-43)47-20-12-22-51-49-18-8-10-24-54(49)58-56(47)51/h1-36H. The van der Waals surface area contributed by atoms with E-state index in [1.807, 2.05) is 24.3 Å². The molecule has 2 heteroatoms. The van der Waals surface area contributed by atoms with Gasteiger partial charge in [0, 0.05) is 32.7 Å². The largest absolute Gasteiger partial charge is 0.455 e. The van der Waals surface area contributed by atoms with Crippen molar-refractivity contribution in [1.82, 2.24) is 0 Å². The van der Waals surface area contributed by atoms with Gasteiger partial charge in [-0.15, -0.1) is 0 Å². The summed E-state index contributed by atoms with van der Waals surface area (Å²) in [4.78, 5) is 0. The number of para-hydroxylation sites is 4. The molecule has 11 rings (SSSR count). The summed E-state index contributed by atoms with van der Waals surface area (Å²) in [6, 6.07) is 75.3. The third kappa shape index (κ3) is 6.00. The van der Waals surface area contributed by atoms with Crippen molar-refractivity contribution in [1.29, 1.82) is 0 Å². The summed E-state index contributed by atoms with van der Waals surface area (Å²) in [5, 5.41) is 4.47. The summed E-state index contributed by atoms with van der Waals surface area (Å²) in [5.41, 5.74) is 17.2. The van der Waals surface area contributed by atoms with Crippen molar-refractivity contribution in [2.24, 2.45) is 0 Å². The molecule has 2 nitrogen and oxygen atoms in total. The predicted molar refractivity (Wildman–Crippen MR) is 243 cm³/mol. The van der Waals surface area contributed by atoms with E-state index >= 15 is 0 Å². The summed E-state index contributed by atoms with van der Waals surface area (Å²) < 4.78 is 13.1. The quantitative estimate of drug-likeness (QED) is 0.152. The molecule has 0 spiro atoms. The monoisotopic (exact) mass is 740 g/mol. The molecule has 0 fully saturated rings. The Morgan fingerprint density at radius 3 is 1.21 bits per heavy atom. The Bertz CT molecular complexity index is 3120. The molecule has 9 aromatic carbocycles. The number of furan rings is 2. The van der Waals surface area contributed by atoms with Crippen LogP contribution in [0.5, 0.6) is 0 Å². The first-order valence-electron chi connectivity index (χ1n) is 19.7. The van der Waals surface area contributed by atoms with Crippen LogP contribution >= 0.6 is 0 Å². The number of hydrogen-bond acceptors (Lipinski definition) is 2. The second-order valence-electron chi connectivity index (χ2n) is 14.8. The fraction of sp³-hybridized carbons (Fsp3) is 0. The lowest BCUT2D eigenvalue weighted by Crippen LogP contribution is -1.88. The van der Waals surface area contributed by atoms with Gasteiger partial charge < -0.3 is 8.83 Å². The van der Waals surface area contributed by atoms with Crippen LogP contribution in [0.1, 0.15) is 16.7 Å². The van der Waals surface area contributed by atoms with E-state index in [1.165, 1.54) is 27.8 Å². The molecule has 0 aliphatic carbocycles. The van der Waals surface area contributed by atoms with E-state index in [-0.39, 0.29) is 0 Å². The smallest absolute Gasteiger partial charge is 0.143 e. The Morgan fingerprint density at radius 1 is 0.310 bits per heavy atom. The maximum atomic E-state index is 6.56. The molecule has 0 bridgehead atoms. The first-order valence-corrected chi connectivity index (χ1v) is 19.7. The zero-order valence-electron chi connectivity index (χ0n) is 31.6. The van der Waals surface area contributed by atoms with Gasteiger partial charge in [0.05, 0.1) is 0 Å². The molecule has 272 valence electrons. The molecule has 58 heavy (non-hydrogen) atoms. The van der Waals surface area contributed by atoms with E-state index in [9.17, 15) is 0 Å². The van der Waals surface area contributed by atoms with Gasteiger partial charge in [0.1, 0.15) is 22.3 Å². The molecule has 0 saturated carbocycles. The van der Waals surface area contributed by atoms with Crippen LogP contribution in [-0.4, -0.2) is 0 Å². The molecule has 0 radical (unpaired) electrons. The lowest BCUT2D eigenvalue weighted by atomic mass is 9.91. The van der Waals surface area contributed by atoms with Gasteiger partial charge in [0.2, 0.25) is 0 Å². The minimum atomic E-state index is 0.890. The predicted octanol–water partition coefficient (Wildman–Crippen LogP) is 15.7. The van der Waals surface area contributed by atoms with Crippen molar-refractivity contribution in [3.63, 3.8) is 0 Å². The number of benzene rings is 9. The molecule has 0 unspecified atom stereocenters. The summed E-state index contributed by atoms with van der Waals surface area (Å²) in [7, 11) is 0. The molecular formula is C56H36O2. The molecule has 0 saturated heterocycles. The molecule has 2 aromatic heterocycles. The van der Waals surface area contributed by atoms with Crippen LogP contribution in [0, 0.1) is 0 Å². The van der Waals surface area contributed by atoms with Gasteiger partial charge in [-0.3, -0.25) is 0 Å². The Morgan fingerprint density at radius 2 is 0.707 bits per heavy atom. The van der Waals surface area contributed by atoms with Gasteiger partial charge in [-0.25, -0.2) is 0 Å². The van der Waals surface area contributed by atoms with Crippen molar-refractivity contribution < 1.29 is 8.83 Å². The Hall–Kier alpha value is -7.68. The van der Waals surface area contributed by atoms with Crippen LogP contribution in [0.2, 0.25) is 0 Å². The maximum absolute atomic E-state index is 6.56. The SMILES string of the molecule is C(=C(c1ccccc1)c1ccccc1)c1ccc(-c2ccc(-c3cc(-c4cccc5c4oc4ccccc45)cc(-c4cccc5c4oc4ccccc45)c3)cc2)cc1. The highest BCUT2D eigenvalue weighted by Gasteiger charge is 2.17. The summed E-state index contributed by atoms with van der Waals surface area (Å²) >= 11 is 0. The van der Waals surface area contributed by atoms with Crippen molar-refractivity contribution >= 4 is 55.5 Å². The van der Waals surface area contributed by atoms with E-state index in [4.69, 9.17) is 8.83 Å². The lowest BCUT2D eigenvalue weighted by Gasteiger charge is -2.13. The van der Waals surface area contributed by atoms with Crippen molar-refractivity contribution in [2.75, 3.05) is 0 Å². The number of fused-ring (bicyclic) bond motifs is 6. The van der Waals surface area contributed by atoms with Gasteiger partial charge in [0.25, 0.3) is 0 Å². The Kier molecular flexibility index (Phi) is 8.19. The highest BCUT2D eigenvalue weighted by Crippen LogP contribution is 2.42. The maximum Gasteiger partial charge on any atom is 0.143 e. The zero-order valence-corrected chi connectivity index (χ0v) is 31.6. The zero-order chi connectivity index (χ0) is 38.4. The minimum Gasteiger partial charge on any atom is -0.455 e. The van der Waals surface area contributed by atoms with E-state index in [0.29, 0.717) is 0 Å². The van der Waals surface area contributed by atoms with Crippen molar-refractivity contribution in [3.8, 4) is 44.5 Å². The molecule has 11 aromatic rings. The highest BCUT2D eigenvalue weighted by molar-refractivity contribution is 6.11. The average Bonchev–Trinajstić information content (AvgIpc) is 3.88. The van der Waals surface area contributed by atoms with Gasteiger partial charge in [-0.05, 0) is 92.1 Å². The van der Waals surface area contributed by atoms with Crippen LogP contribution in [0.15, 0.2) is 221 Å². The topological polar surface area (TPSA) is 26.3 Å². The van der Waals surface area contributed by atoms with Crippen molar-refractivity contribution in [3.05, 3.63) is 229 Å². The van der Waals surface area contributed by atoms with Crippen LogP contribution in [0.25, 0.3) is 100 Å². The summed E-state index contributed by atoms with van der Waals surface area (Å²) in [6.07, 6.45) is 2.28. The van der Waals surface area contributed by atoms with E-state index in [0.717, 1.165) is 82.8 Å². The summed E-state index contributed by atoms with van der Waals surface area (Å²) in [6.45, 7) is 0. The normalized spacial score (nSPS) is 11.4. The first-order chi connectivity index (χ1) is 28.7. The molecule has 0 aliphatic rings. The fourth-order valence-electron chi connectivity index (χ4n) is 8.42. The van der Waals surface area contributed by atoms with Crippen LogP contribution in [-0.2, 0) is 0 Å². The van der Waals surface area contributed by atoms with E-state index in [2.05, 4.69) is 194 Å². The fourth-order valence-corrected chi connectivity index (χ4v) is 8.42. The van der Waals surface area contributed by atoms with E-state index < -0.39 is 0 Å². The van der Waals surface area contributed by atoms with Crippen molar-refractivity contribution in [2.45, 2.75) is 0 Å². The highest BCUT2D eigenvalue weighted by atomic mass is 16.3. The molecule has 0 amide bonds. The number of hydrogen-bond donors (Lipinski definition) is 0. The third-order valence-corrected chi connectivity index (χ3v) is 11.3. The third-order valence-electron chi connectivity index (χ3n) is 11.3. The van der Waals surface area contributed by atoms with E-state index in [1.54, 1.807) is 0 Å². The second-order valence-corrected chi connectivity index (χ2v) is 14.8. The lowest BCUT2D eigenvalue weighted by molar-refractivity contribution is 0.670. The minimum absolute atomic E-state index is 0.890. The molecule has 0 N–H and O–H groups in total.